The minimum Gasteiger partial charge on any atom is -0.393 e. The molecule has 0 aliphatic rings. The van der Waals surface area contributed by atoms with Crippen molar-refractivity contribution >= 4 is 0 Å². The third-order valence-corrected chi connectivity index (χ3v) is 2.75. The van der Waals surface area contributed by atoms with Crippen LogP contribution in [0.3, 0.4) is 0 Å². The number of hydrogen-bond acceptors (Lipinski definition) is 2. The molecule has 0 unspecified atom stereocenters. The SMILES string of the molecule is C/C(=C\[C@H](C)C[C@H](C)O)C[C@H](C)COC(C)(C)C. The van der Waals surface area contributed by atoms with Crippen LogP contribution in [0.5, 0.6) is 0 Å². The average Bonchev–Trinajstić information content (AvgIpc) is 2.11. The fourth-order valence-corrected chi connectivity index (χ4v) is 2.16. The first-order chi connectivity index (χ1) is 8.10. The highest BCUT2D eigenvalue weighted by Crippen LogP contribution is 2.18. The lowest BCUT2D eigenvalue weighted by Crippen LogP contribution is -2.22. The molecular formula is C16H32O2. The minimum atomic E-state index is -0.217. The molecule has 0 spiro atoms. The second-order valence-corrected chi connectivity index (χ2v) is 6.81. The van der Waals surface area contributed by atoms with Crippen molar-refractivity contribution < 1.29 is 9.84 Å². The van der Waals surface area contributed by atoms with Crippen molar-refractivity contribution in [3.63, 3.8) is 0 Å². The molecule has 3 atom stereocenters. The predicted molar refractivity (Wildman–Crippen MR) is 78.7 cm³/mol. The Morgan fingerprint density at radius 1 is 1.22 bits per heavy atom. The van der Waals surface area contributed by atoms with Crippen LogP contribution < -0.4 is 0 Å². The summed E-state index contributed by atoms with van der Waals surface area (Å²) in [6, 6.07) is 0. The molecule has 1 N–H and O–H groups in total. The third kappa shape index (κ3) is 10.8. The molecule has 0 saturated carbocycles. The van der Waals surface area contributed by atoms with E-state index in [1.807, 2.05) is 6.92 Å². The standard InChI is InChI=1S/C16H32O2/c1-12(8-13(2)10-15(4)17)9-14(3)11-18-16(5,6)7/h8,13-15,17H,9-11H2,1-7H3/b12-8+/t13-,14-,15-/m0/s1. The zero-order valence-corrected chi connectivity index (χ0v) is 13.3. The molecule has 0 rings (SSSR count). The van der Waals surface area contributed by atoms with Gasteiger partial charge in [-0.1, -0.05) is 25.5 Å². The first-order valence-electron chi connectivity index (χ1n) is 7.09. The summed E-state index contributed by atoms with van der Waals surface area (Å²) in [6.07, 6.45) is 3.97. The van der Waals surface area contributed by atoms with Gasteiger partial charge in [0.25, 0.3) is 0 Å². The van der Waals surface area contributed by atoms with Crippen LogP contribution >= 0.6 is 0 Å². The lowest BCUT2D eigenvalue weighted by Gasteiger charge is -2.23. The van der Waals surface area contributed by atoms with Gasteiger partial charge in [0.2, 0.25) is 0 Å². The average molecular weight is 256 g/mol. The fraction of sp³-hybridized carbons (Fsp3) is 0.875. The first-order valence-corrected chi connectivity index (χ1v) is 7.09. The molecule has 0 saturated heterocycles. The van der Waals surface area contributed by atoms with Crippen LogP contribution in [0.4, 0.5) is 0 Å². The van der Waals surface area contributed by atoms with E-state index >= 15 is 0 Å². The van der Waals surface area contributed by atoms with Crippen molar-refractivity contribution in [3.8, 4) is 0 Å². The molecule has 18 heavy (non-hydrogen) atoms. The minimum absolute atomic E-state index is 0.0501. The van der Waals surface area contributed by atoms with Crippen molar-refractivity contribution in [2.24, 2.45) is 11.8 Å². The van der Waals surface area contributed by atoms with Gasteiger partial charge in [-0.3, -0.25) is 0 Å². The zero-order valence-electron chi connectivity index (χ0n) is 13.3. The molecule has 0 bridgehead atoms. The highest BCUT2D eigenvalue weighted by molar-refractivity contribution is 5.01. The summed E-state index contributed by atoms with van der Waals surface area (Å²) in [6.45, 7) is 15.5. The van der Waals surface area contributed by atoms with Gasteiger partial charge in [-0.2, -0.15) is 0 Å². The molecule has 2 nitrogen and oxygen atoms in total. The molecular weight excluding hydrogens is 224 g/mol. The number of hydrogen-bond donors (Lipinski definition) is 1. The Bertz CT molecular complexity index is 248. The summed E-state index contributed by atoms with van der Waals surface area (Å²) in [5.74, 6) is 0.986. The molecule has 0 radical (unpaired) electrons. The highest BCUT2D eigenvalue weighted by Gasteiger charge is 2.13. The van der Waals surface area contributed by atoms with Gasteiger partial charge in [-0.15, -0.1) is 0 Å². The first kappa shape index (κ1) is 17.7. The number of aliphatic hydroxyl groups is 1. The van der Waals surface area contributed by atoms with Gasteiger partial charge in [0.15, 0.2) is 0 Å². The molecule has 0 fully saturated rings. The van der Waals surface area contributed by atoms with Crippen LogP contribution in [0.2, 0.25) is 0 Å². The predicted octanol–water partition coefficient (Wildman–Crippen LogP) is 4.18. The van der Waals surface area contributed by atoms with Gasteiger partial charge in [0.1, 0.15) is 0 Å². The third-order valence-electron chi connectivity index (χ3n) is 2.75. The largest absolute Gasteiger partial charge is 0.393 e. The second-order valence-electron chi connectivity index (χ2n) is 6.81. The van der Waals surface area contributed by atoms with Gasteiger partial charge < -0.3 is 9.84 Å². The van der Waals surface area contributed by atoms with E-state index in [2.05, 4.69) is 47.6 Å². The highest BCUT2D eigenvalue weighted by atomic mass is 16.5. The summed E-state index contributed by atoms with van der Waals surface area (Å²) in [4.78, 5) is 0. The second kappa shape index (κ2) is 7.96. The van der Waals surface area contributed by atoms with E-state index < -0.39 is 0 Å². The van der Waals surface area contributed by atoms with Crippen molar-refractivity contribution in [2.45, 2.75) is 73.0 Å². The molecule has 0 heterocycles. The maximum atomic E-state index is 9.34. The van der Waals surface area contributed by atoms with Crippen molar-refractivity contribution in [3.05, 3.63) is 11.6 Å². The fourth-order valence-electron chi connectivity index (χ4n) is 2.16. The van der Waals surface area contributed by atoms with Gasteiger partial charge in [0, 0.05) is 0 Å². The zero-order chi connectivity index (χ0) is 14.3. The van der Waals surface area contributed by atoms with Crippen LogP contribution in [0.15, 0.2) is 11.6 Å². The van der Waals surface area contributed by atoms with Gasteiger partial charge >= 0.3 is 0 Å². The summed E-state index contributed by atoms with van der Waals surface area (Å²) in [5.41, 5.74) is 1.35. The Kier molecular flexibility index (Phi) is 7.81. The lowest BCUT2D eigenvalue weighted by atomic mass is 9.96. The lowest BCUT2D eigenvalue weighted by molar-refractivity contribution is -0.0193. The molecule has 0 aromatic carbocycles. The summed E-state index contributed by atoms with van der Waals surface area (Å²) in [5, 5.41) is 9.34. The summed E-state index contributed by atoms with van der Waals surface area (Å²) in [7, 11) is 0. The van der Waals surface area contributed by atoms with E-state index in [1.165, 1.54) is 5.57 Å². The normalized spacial score (nSPS) is 18.6. The van der Waals surface area contributed by atoms with E-state index in [9.17, 15) is 5.11 Å². The quantitative estimate of drug-likeness (QED) is 0.692. The summed E-state index contributed by atoms with van der Waals surface area (Å²) < 4.78 is 5.79. The van der Waals surface area contributed by atoms with Crippen molar-refractivity contribution in [1.82, 2.24) is 0 Å². The van der Waals surface area contributed by atoms with E-state index in [0.717, 1.165) is 19.4 Å². The maximum absolute atomic E-state index is 9.34. The van der Waals surface area contributed by atoms with Gasteiger partial charge in [0.05, 0.1) is 18.3 Å². The number of aliphatic hydroxyl groups excluding tert-OH is 1. The molecule has 108 valence electrons. The van der Waals surface area contributed by atoms with E-state index in [4.69, 9.17) is 4.74 Å². The van der Waals surface area contributed by atoms with Crippen LogP contribution in [0.1, 0.15) is 61.3 Å². The molecule has 0 aliphatic heterocycles. The van der Waals surface area contributed by atoms with E-state index in [1.54, 1.807) is 0 Å². The maximum Gasteiger partial charge on any atom is 0.0598 e. The molecule has 2 heteroatoms. The molecule has 0 aromatic rings. The number of rotatable bonds is 7. The monoisotopic (exact) mass is 256 g/mol. The van der Waals surface area contributed by atoms with Gasteiger partial charge in [-0.05, 0) is 59.3 Å². The van der Waals surface area contributed by atoms with E-state index in [-0.39, 0.29) is 11.7 Å². The number of allylic oxidation sites excluding steroid dienone is 2. The topological polar surface area (TPSA) is 29.5 Å². The Balaban J connectivity index is 4.06. The van der Waals surface area contributed by atoms with Crippen LogP contribution in [0.25, 0.3) is 0 Å². The molecule has 0 aromatic heterocycles. The van der Waals surface area contributed by atoms with Crippen LogP contribution in [0, 0.1) is 11.8 Å². The Hall–Kier alpha value is -0.340. The summed E-state index contributed by atoms with van der Waals surface area (Å²) >= 11 is 0. The Labute approximate surface area is 113 Å². The van der Waals surface area contributed by atoms with Crippen molar-refractivity contribution in [1.29, 1.82) is 0 Å². The molecule has 0 aliphatic carbocycles. The Morgan fingerprint density at radius 3 is 2.22 bits per heavy atom. The molecule has 0 amide bonds. The van der Waals surface area contributed by atoms with Crippen LogP contribution in [-0.2, 0) is 4.74 Å². The van der Waals surface area contributed by atoms with E-state index in [0.29, 0.717) is 11.8 Å². The van der Waals surface area contributed by atoms with Gasteiger partial charge in [-0.25, -0.2) is 0 Å². The number of ether oxygens (including phenoxy) is 1. The smallest absolute Gasteiger partial charge is 0.0598 e. The Morgan fingerprint density at radius 2 is 1.78 bits per heavy atom. The van der Waals surface area contributed by atoms with Crippen LogP contribution in [-0.4, -0.2) is 23.4 Å². The van der Waals surface area contributed by atoms with Crippen molar-refractivity contribution in [2.75, 3.05) is 6.61 Å².